The quantitative estimate of drug-likeness (QED) is 0.615. The molecule has 1 aromatic carbocycles. The van der Waals surface area contributed by atoms with E-state index in [1.54, 1.807) is 0 Å². The third-order valence-corrected chi connectivity index (χ3v) is 6.30. The fraction of sp³-hybridized carbons (Fsp3) is 0.611. The number of sulfonamides is 1. The molecule has 4 atom stereocenters. The molecule has 2 aromatic rings. The Bertz CT molecular complexity index is 1030. The standard InChI is InChI=1S/C18H24N6O6S/c1-31(25,26)20-14-10-28-17-15(11-29-16(14)17)24-18(19-21-22-24)30-13-4-2-3-12(9-13)23-5-7-27-8-6-23/h2-4,9,14-17,20H,5-8,10-11H2,1H3/t14-,15+,16-,17+/m1/s1. The van der Waals surface area contributed by atoms with Crippen LogP contribution in [0.3, 0.4) is 0 Å². The fourth-order valence-corrected chi connectivity index (χ4v) is 4.95. The summed E-state index contributed by atoms with van der Waals surface area (Å²) in [6.45, 7) is 3.55. The highest BCUT2D eigenvalue weighted by Gasteiger charge is 2.50. The minimum Gasteiger partial charge on any atom is -0.423 e. The van der Waals surface area contributed by atoms with Crippen LogP contribution in [-0.2, 0) is 24.2 Å². The van der Waals surface area contributed by atoms with Crippen molar-refractivity contribution in [1.29, 1.82) is 0 Å². The van der Waals surface area contributed by atoms with Crippen molar-refractivity contribution in [3.63, 3.8) is 0 Å². The SMILES string of the molecule is CS(=O)(=O)N[C@@H]1CO[C@@H]2[C@@H]1OC[C@@H]2n1nnnc1Oc1cccc(N2CCOCC2)c1. The highest BCUT2D eigenvalue weighted by molar-refractivity contribution is 7.88. The van der Waals surface area contributed by atoms with Crippen molar-refractivity contribution in [3.05, 3.63) is 24.3 Å². The van der Waals surface area contributed by atoms with Crippen LogP contribution in [0.1, 0.15) is 6.04 Å². The van der Waals surface area contributed by atoms with Gasteiger partial charge in [-0.05, 0) is 22.6 Å². The normalized spacial score (nSPS) is 28.6. The summed E-state index contributed by atoms with van der Waals surface area (Å²) in [6, 6.07) is 7.17. The van der Waals surface area contributed by atoms with Crippen molar-refractivity contribution in [1.82, 2.24) is 24.9 Å². The highest BCUT2D eigenvalue weighted by atomic mass is 32.2. The first kappa shape index (κ1) is 20.6. The Morgan fingerprint density at radius 1 is 1.16 bits per heavy atom. The van der Waals surface area contributed by atoms with Gasteiger partial charge in [0.25, 0.3) is 0 Å². The van der Waals surface area contributed by atoms with E-state index in [0.29, 0.717) is 19.0 Å². The number of anilines is 1. The van der Waals surface area contributed by atoms with Gasteiger partial charge in [-0.15, -0.1) is 0 Å². The van der Waals surface area contributed by atoms with Crippen molar-refractivity contribution in [2.75, 3.05) is 50.7 Å². The van der Waals surface area contributed by atoms with Gasteiger partial charge in [-0.3, -0.25) is 0 Å². The van der Waals surface area contributed by atoms with Gasteiger partial charge in [-0.1, -0.05) is 11.2 Å². The molecule has 1 aromatic heterocycles. The summed E-state index contributed by atoms with van der Waals surface area (Å²) in [7, 11) is -3.37. The van der Waals surface area contributed by atoms with Crippen LogP contribution in [0, 0.1) is 0 Å². The summed E-state index contributed by atoms with van der Waals surface area (Å²) in [5.41, 5.74) is 1.04. The van der Waals surface area contributed by atoms with Gasteiger partial charge in [-0.2, -0.15) is 4.68 Å². The van der Waals surface area contributed by atoms with E-state index in [1.807, 2.05) is 24.3 Å². The van der Waals surface area contributed by atoms with Crippen LogP contribution in [0.4, 0.5) is 5.69 Å². The molecule has 13 heteroatoms. The number of fused-ring (bicyclic) bond motifs is 1. The van der Waals surface area contributed by atoms with Gasteiger partial charge in [0.05, 0.1) is 38.7 Å². The number of hydrogen-bond donors (Lipinski definition) is 1. The lowest BCUT2D eigenvalue weighted by Gasteiger charge is -2.29. The number of aromatic nitrogens is 4. The molecule has 1 N–H and O–H groups in total. The molecule has 3 saturated heterocycles. The first-order valence-corrected chi connectivity index (χ1v) is 12.0. The van der Waals surface area contributed by atoms with Crippen molar-refractivity contribution >= 4 is 15.7 Å². The Labute approximate surface area is 179 Å². The summed E-state index contributed by atoms with van der Waals surface area (Å²) in [5, 5.41) is 11.8. The maximum absolute atomic E-state index is 11.6. The van der Waals surface area contributed by atoms with E-state index in [1.165, 1.54) is 4.68 Å². The van der Waals surface area contributed by atoms with Crippen LogP contribution in [0.2, 0.25) is 0 Å². The van der Waals surface area contributed by atoms with Gasteiger partial charge < -0.3 is 23.8 Å². The Kier molecular flexibility index (Phi) is 5.52. The second-order valence-electron chi connectivity index (χ2n) is 7.76. The van der Waals surface area contributed by atoms with Crippen molar-refractivity contribution in [2.24, 2.45) is 0 Å². The van der Waals surface area contributed by atoms with Crippen LogP contribution in [-0.4, -0.2) is 92.6 Å². The van der Waals surface area contributed by atoms with Gasteiger partial charge in [0, 0.05) is 24.8 Å². The molecule has 12 nitrogen and oxygen atoms in total. The van der Waals surface area contributed by atoms with Crippen molar-refractivity contribution in [2.45, 2.75) is 24.3 Å². The molecule has 0 spiro atoms. The number of ether oxygens (including phenoxy) is 4. The van der Waals surface area contributed by atoms with Gasteiger partial charge in [0.1, 0.15) is 24.0 Å². The lowest BCUT2D eigenvalue weighted by atomic mass is 10.1. The molecule has 0 amide bonds. The predicted octanol–water partition coefficient (Wildman–Crippen LogP) is -0.441. The van der Waals surface area contributed by atoms with E-state index < -0.39 is 22.2 Å². The molecule has 4 heterocycles. The van der Waals surface area contributed by atoms with Crippen LogP contribution in [0.5, 0.6) is 11.8 Å². The summed E-state index contributed by atoms with van der Waals surface area (Å²) < 4.78 is 50.4. The largest absolute Gasteiger partial charge is 0.423 e. The highest BCUT2D eigenvalue weighted by Crippen LogP contribution is 2.36. The van der Waals surface area contributed by atoms with Crippen molar-refractivity contribution < 1.29 is 27.4 Å². The topological polar surface area (TPSA) is 130 Å². The Hall–Kier alpha value is -2.32. The maximum atomic E-state index is 11.6. The monoisotopic (exact) mass is 452 g/mol. The molecular weight excluding hydrogens is 428 g/mol. The molecule has 5 rings (SSSR count). The third-order valence-electron chi connectivity index (χ3n) is 5.57. The average Bonchev–Trinajstić information content (AvgIpc) is 3.46. The fourth-order valence-electron chi connectivity index (χ4n) is 4.20. The van der Waals surface area contributed by atoms with E-state index in [-0.39, 0.29) is 31.4 Å². The van der Waals surface area contributed by atoms with Crippen molar-refractivity contribution in [3.8, 4) is 11.8 Å². The Morgan fingerprint density at radius 3 is 2.77 bits per heavy atom. The minimum atomic E-state index is -3.37. The number of rotatable bonds is 6. The zero-order valence-corrected chi connectivity index (χ0v) is 17.8. The second kappa shape index (κ2) is 8.31. The molecule has 3 fully saturated rings. The zero-order chi connectivity index (χ0) is 21.4. The van der Waals surface area contributed by atoms with E-state index in [4.69, 9.17) is 18.9 Å². The molecule has 31 heavy (non-hydrogen) atoms. The summed E-state index contributed by atoms with van der Waals surface area (Å²) in [4.78, 5) is 2.23. The number of nitrogens with zero attached hydrogens (tertiary/aromatic N) is 5. The van der Waals surface area contributed by atoms with Gasteiger partial charge in [0.2, 0.25) is 10.0 Å². The average molecular weight is 452 g/mol. The van der Waals surface area contributed by atoms with E-state index >= 15 is 0 Å². The molecule has 0 aliphatic carbocycles. The van der Waals surface area contributed by atoms with E-state index in [0.717, 1.165) is 25.0 Å². The Morgan fingerprint density at radius 2 is 1.97 bits per heavy atom. The minimum absolute atomic E-state index is 0.219. The third kappa shape index (κ3) is 4.36. The van der Waals surface area contributed by atoms with E-state index in [9.17, 15) is 8.42 Å². The molecule has 0 unspecified atom stereocenters. The summed E-state index contributed by atoms with van der Waals surface area (Å²) in [6.07, 6.45) is 0.316. The number of benzene rings is 1. The number of nitrogens with one attached hydrogen (secondary N) is 1. The molecule has 0 bridgehead atoms. The smallest absolute Gasteiger partial charge is 0.341 e. The molecule has 3 aliphatic rings. The molecular formula is C18H24N6O6S. The van der Waals surface area contributed by atoms with Gasteiger partial charge >= 0.3 is 6.01 Å². The van der Waals surface area contributed by atoms with Gasteiger partial charge in [0.15, 0.2) is 0 Å². The lowest BCUT2D eigenvalue weighted by molar-refractivity contribution is 0.0615. The van der Waals surface area contributed by atoms with Crippen LogP contribution in [0.15, 0.2) is 24.3 Å². The van der Waals surface area contributed by atoms with Crippen LogP contribution < -0.4 is 14.4 Å². The predicted molar refractivity (Wildman–Crippen MR) is 108 cm³/mol. The Balaban J connectivity index is 1.31. The molecule has 3 aliphatic heterocycles. The van der Waals surface area contributed by atoms with E-state index in [2.05, 4.69) is 25.1 Å². The number of hydrogen-bond acceptors (Lipinski definition) is 10. The number of morpholine rings is 1. The first-order valence-electron chi connectivity index (χ1n) is 10.1. The molecule has 168 valence electrons. The number of tetrazole rings is 1. The summed E-state index contributed by atoms with van der Waals surface area (Å²) >= 11 is 0. The van der Waals surface area contributed by atoms with Crippen LogP contribution >= 0.6 is 0 Å². The second-order valence-corrected chi connectivity index (χ2v) is 9.54. The maximum Gasteiger partial charge on any atom is 0.341 e. The van der Waals surface area contributed by atoms with Crippen LogP contribution in [0.25, 0.3) is 0 Å². The lowest BCUT2D eigenvalue weighted by Crippen LogP contribution is -2.43. The molecule has 0 saturated carbocycles. The zero-order valence-electron chi connectivity index (χ0n) is 17.0. The summed E-state index contributed by atoms with van der Waals surface area (Å²) in [5.74, 6) is 0.611. The first-order chi connectivity index (χ1) is 15.0. The molecule has 0 radical (unpaired) electrons. The van der Waals surface area contributed by atoms with Gasteiger partial charge in [-0.25, -0.2) is 13.1 Å².